The molecule has 0 radical (unpaired) electrons. The van der Waals surface area contributed by atoms with E-state index >= 15 is 0 Å². The Balaban J connectivity index is 1.51. The zero-order valence-electron chi connectivity index (χ0n) is 35.1. The second-order valence-electron chi connectivity index (χ2n) is 16.0. The maximum atomic E-state index is 12.2. The van der Waals surface area contributed by atoms with E-state index in [1.807, 2.05) is 0 Å². The fourth-order valence-corrected chi connectivity index (χ4v) is 7.59. The van der Waals surface area contributed by atoms with Gasteiger partial charge in [-0.25, -0.2) is 0 Å². The minimum absolute atomic E-state index is 0.678. The van der Waals surface area contributed by atoms with Gasteiger partial charge in [-0.15, -0.1) is 0 Å². The largest absolute Gasteiger partial charge is 0.394 e. The Kier molecular flexibility index (Phi) is 20.3. The molecule has 4 heterocycles. The molecule has 24 atom stereocenters. The molecule has 0 bridgehead atoms. The molecule has 4 aliphatic heterocycles. The van der Waals surface area contributed by atoms with Crippen LogP contribution in [0.3, 0.4) is 0 Å². The lowest BCUT2D eigenvalue weighted by atomic mass is 9.95. The van der Waals surface area contributed by atoms with Gasteiger partial charge in [0.2, 0.25) is 17.7 Å². The Bertz CT molecular complexity index is 1490. The van der Waals surface area contributed by atoms with Gasteiger partial charge in [-0.1, -0.05) is 0 Å². The van der Waals surface area contributed by atoms with Crippen LogP contribution in [0.1, 0.15) is 27.7 Å². The summed E-state index contributed by atoms with van der Waals surface area (Å²) < 4.78 is 45.1. The first kappa shape index (κ1) is 54.1. The SMILES string of the molecule is CC(=O)N[C@H]1[C@H](OC[C@@H](O)[C@H](O)[C@H](O[C@@H]2O[C@H](CO[C@@H]3O[C@H](CO)[C@@H](O)[C@H](O)[C@H]3NC(C)=O)[C@H](O)[C@H](O)[C@H]2O)[C@H](CO)NC(C)=O)O[C@H](CO)[C@@H](O[C@@H]2O[C@@H](C)[C@@H](O)[C@@H](O)[C@@H]2O)[C@@H]1O. The molecule has 4 aliphatic rings. The monoisotopic (exact) mass is 937 g/mol. The van der Waals surface area contributed by atoms with Crippen LogP contribution in [0.25, 0.3) is 0 Å². The van der Waals surface area contributed by atoms with Gasteiger partial charge < -0.3 is 125 Å². The minimum Gasteiger partial charge on any atom is -0.394 e. The van der Waals surface area contributed by atoms with Gasteiger partial charge in [0.1, 0.15) is 110 Å². The summed E-state index contributed by atoms with van der Waals surface area (Å²) in [7, 11) is 0. The van der Waals surface area contributed by atoms with Crippen LogP contribution >= 0.6 is 0 Å². The molecule has 4 saturated heterocycles. The van der Waals surface area contributed by atoms with Gasteiger partial charge in [-0.3, -0.25) is 14.4 Å². The minimum atomic E-state index is -2.22. The highest BCUT2D eigenvalue weighted by molar-refractivity contribution is 5.74. The highest BCUT2D eigenvalue weighted by Gasteiger charge is 2.53. The summed E-state index contributed by atoms with van der Waals surface area (Å²) in [6.45, 7) is 0.164. The van der Waals surface area contributed by atoms with Crippen LogP contribution in [0, 0.1) is 0 Å². The summed E-state index contributed by atoms with van der Waals surface area (Å²) in [5, 5.41) is 155. The lowest BCUT2D eigenvalue weighted by Crippen LogP contribution is -2.67. The smallest absolute Gasteiger partial charge is 0.217 e. The first-order valence-electron chi connectivity index (χ1n) is 20.3. The highest BCUT2D eigenvalue weighted by Crippen LogP contribution is 2.31. The molecule has 0 aromatic carbocycles. The highest BCUT2D eigenvalue weighted by atomic mass is 16.7. The van der Waals surface area contributed by atoms with E-state index in [9.17, 15) is 85.9 Å². The van der Waals surface area contributed by atoms with Crippen molar-refractivity contribution in [3.8, 4) is 0 Å². The predicted molar refractivity (Wildman–Crippen MR) is 202 cm³/mol. The van der Waals surface area contributed by atoms with E-state index in [1.165, 1.54) is 6.92 Å². The van der Waals surface area contributed by atoms with Crippen LogP contribution in [0.4, 0.5) is 0 Å². The molecular formula is C36H63N3O25. The number of carbonyl (C=O) groups is 3. The van der Waals surface area contributed by atoms with Gasteiger partial charge in [0.05, 0.1) is 45.2 Å². The van der Waals surface area contributed by atoms with Crippen LogP contribution in [0.2, 0.25) is 0 Å². The molecule has 64 heavy (non-hydrogen) atoms. The molecule has 3 amide bonds. The van der Waals surface area contributed by atoms with E-state index in [2.05, 4.69) is 16.0 Å². The summed E-state index contributed by atoms with van der Waals surface area (Å²) >= 11 is 0. The fraction of sp³-hybridized carbons (Fsp3) is 0.917. The van der Waals surface area contributed by atoms with E-state index in [4.69, 9.17) is 37.9 Å². The second-order valence-corrected chi connectivity index (χ2v) is 16.0. The van der Waals surface area contributed by atoms with Crippen molar-refractivity contribution in [1.29, 1.82) is 0 Å². The van der Waals surface area contributed by atoms with Crippen LogP contribution in [-0.2, 0) is 52.3 Å². The Hall–Kier alpha value is -2.47. The van der Waals surface area contributed by atoms with Crippen molar-refractivity contribution in [2.24, 2.45) is 0 Å². The molecule has 4 fully saturated rings. The Labute approximate surface area is 365 Å². The molecule has 0 aromatic rings. The summed E-state index contributed by atoms with van der Waals surface area (Å²) in [6.07, 6.45) is -37.0. The maximum Gasteiger partial charge on any atom is 0.217 e. The van der Waals surface area contributed by atoms with Crippen molar-refractivity contribution in [3.63, 3.8) is 0 Å². The average molecular weight is 938 g/mol. The average Bonchev–Trinajstić information content (AvgIpc) is 3.24. The number of aliphatic hydroxyl groups excluding tert-OH is 14. The number of amides is 3. The number of carbonyl (C=O) groups excluding carboxylic acids is 3. The number of hydrogen-bond acceptors (Lipinski definition) is 25. The van der Waals surface area contributed by atoms with Crippen LogP contribution in [0.15, 0.2) is 0 Å². The molecule has 0 aromatic heterocycles. The Morgan fingerprint density at radius 3 is 1.66 bits per heavy atom. The fourth-order valence-electron chi connectivity index (χ4n) is 7.59. The van der Waals surface area contributed by atoms with Crippen LogP contribution < -0.4 is 16.0 Å². The van der Waals surface area contributed by atoms with E-state index < -0.39 is 198 Å². The van der Waals surface area contributed by atoms with Gasteiger partial charge >= 0.3 is 0 Å². The molecule has 372 valence electrons. The Morgan fingerprint density at radius 1 is 0.578 bits per heavy atom. The lowest BCUT2D eigenvalue weighted by molar-refractivity contribution is -0.346. The number of rotatable bonds is 19. The summed E-state index contributed by atoms with van der Waals surface area (Å²) in [5.41, 5.74) is 0. The number of aliphatic hydroxyl groups is 14. The molecular weight excluding hydrogens is 874 g/mol. The molecule has 28 nitrogen and oxygen atoms in total. The molecule has 0 spiro atoms. The van der Waals surface area contributed by atoms with E-state index in [0.717, 1.165) is 20.8 Å². The standard InChI is InChI=1S/C36H63N3O25/c1-10-21(47)27(53)29(55)35(59-10)64-32-17(7-42)61-34(20(26(32)52)39-13(4)45)57-8-15(46)22(48)31(14(5-40)37-11(2)43)63-36-30(56)28(54)24(50)18(62-36)9-58-33-19(38-12(3)44)25(51)23(49)16(6-41)60-33/h10,14-36,40-42,46-56H,5-9H2,1-4H3,(H,37,43)(H,38,44)(H,39,45)/t10-,14-,15+,16+,17+,18+,19+,20+,21+,22-,23+,24-,25+,26+,27+,28-,29-,30+,31+,32+,33+,34+,35-,36-/m0/s1. The summed E-state index contributed by atoms with van der Waals surface area (Å²) in [4.78, 5) is 36.2. The van der Waals surface area contributed by atoms with Gasteiger partial charge in [0.25, 0.3) is 0 Å². The normalized spacial score (nSPS) is 42.5. The van der Waals surface area contributed by atoms with Crippen LogP contribution in [-0.4, -0.2) is 269 Å². The predicted octanol–water partition coefficient (Wildman–Crippen LogP) is -10.8. The third-order valence-corrected chi connectivity index (χ3v) is 11.1. The van der Waals surface area contributed by atoms with Crippen LogP contribution in [0.5, 0.6) is 0 Å². The number of ether oxygens (including phenoxy) is 8. The number of hydrogen-bond donors (Lipinski definition) is 17. The van der Waals surface area contributed by atoms with Gasteiger partial charge in [0.15, 0.2) is 25.2 Å². The van der Waals surface area contributed by atoms with E-state index in [-0.39, 0.29) is 0 Å². The second kappa shape index (κ2) is 24.0. The van der Waals surface area contributed by atoms with Gasteiger partial charge in [-0.2, -0.15) is 0 Å². The third kappa shape index (κ3) is 12.9. The molecule has 0 unspecified atom stereocenters. The van der Waals surface area contributed by atoms with Crippen molar-refractivity contribution >= 4 is 17.7 Å². The summed E-state index contributed by atoms with van der Waals surface area (Å²) in [5.74, 6) is -2.21. The topological polar surface area (TPSA) is 444 Å². The van der Waals surface area contributed by atoms with Crippen molar-refractivity contribution in [2.45, 2.75) is 175 Å². The molecule has 0 saturated carbocycles. The Morgan fingerprint density at radius 2 is 1.09 bits per heavy atom. The first-order chi connectivity index (χ1) is 30.1. The van der Waals surface area contributed by atoms with Gasteiger partial charge in [-0.05, 0) is 6.92 Å². The zero-order chi connectivity index (χ0) is 47.9. The lowest BCUT2D eigenvalue weighted by Gasteiger charge is -2.47. The number of nitrogens with one attached hydrogen (secondary N) is 3. The zero-order valence-corrected chi connectivity index (χ0v) is 35.1. The molecule has 0 aliphatic carbocycles. The van der Waals surface area contributed by atoms with E-state index in [0.29, 0.717) is 0 Å². The van der Waals surface area contributed by atoms with Crippen molar-refractivity contribution < 1.29 is 124 Å². The molecule has 28 heteroatoms. The van der Waals surface area contributed by atoms with E-state index in [1.54, 1.807) is 0 Å². The van der Waals surface area contributed by atoms with Crippen molar-refractivity contribution in [2.75, 3.05) is 33.0 Å². The quantitative estimate of drug-likeness (QED) is 0.0572. The summed E-state index contributed by atoms with van der Waals surface area (Å²) in [6, 6.07) is -4.59. The van der Waals surface area contributed by atoms with Crippen molar-refractivity contribution in [1.82, 2.24) is 16.0 Å². The van der Waals surface area contributed by atoms with Crippen molar-refractivity contribution in [3.05, 3.63) is 0 Å². The molecule has 17 N–H and O–H groups in total. The molecule has 4 rings (SSSR count). The maximum absolute atomic E-state index is 12.2. The first-order valence-corrected chi connectivity index (χ1v) is 20.3. The third-order valence-electron chi connectivity index (χ3n) is 11.1. The van der Waals surface area contributed by atoms with Gasteiger partial charge in [0, 0.05) is 20.8 Å².